The second-order valence-electron chi connectivity index (χ2n) is 26.2. The van der Waals surface area contributed by atoms with Crippen LogP contribution >= 0.6 is 0 Å². The molecule has 25 nitrogen and oxygen atoms in total. The van der Waals surface area contributed by atoms with Crippen molar-refractivity contribution in [3.63, 3.8) is 0 Å². The van der Waals surface area contributed by atoms with Crippen molar-refractivity contribution in [2.45, 2.75) is 258 Å². The Kier molecular flexibility index (Phi) is 17.9. The van der Waals surface area contributed by atoms with Crippen LogP contribution in [0.3, 0.4) is 0 Å². The van der Waals surface area contributed by atoms with E-state index >= 15 is 0 Å². The van der Waals surface area contributed by atoms with Gasteiger partial charge in [0.15, 0.2) is 37.2 Å². The van der Waals surface area contributed by atoms with Crippen LogP contribution in [0.15, 0.2) is 0 Å². The third-order valence-corrected chi connectivity index (χ3v) is 21.7. The van der Waals surface area contributed by atoms with Gasteiger partial charge in [0.2, 0.25) is 0 Å². The summed E-state index contributed by atoms with van der Waals surface area (Å²) in [6.07, 6.45) is -29.8. The summed E-state index contributed by atoms with van der Waals surface area (Å²) in [5.74, 6) is 2.69. The molecule has 7 heterocycles. The summed E-state index contributed by atoms with van der Waals surface area (Å²) in [4.78, 5) is 0. The quantitative estimate of drug-likeness (QED) is 0.0879. The molecule has 0 unspecified atom stereocenters. The Labute approximate surface area is 465 Å². The van der Waals surface area contributed by atoms with Crippen molar-refractivity contribution >= 4 is 0 Å². The molecule has 11 aliphatic rings. The normalized spacial score (nSPS) is 58.1. The van der Waals surface area contributed by atoms with Crippen LogP contribution in [0.5, 0.6) is 0 Å². The molecule has 7 aliphatic heterocycles. The second kappa shape index (κ2) is 23.6. The van der Waals surface area contributed by atoms with Gasteiger partial charge in [-0.2, -0.15) is 0 Å². The topological polar surface area (TPSA) is 374 Å². The first-order valence-corrected chi connectivity index (χ1v) is 29.5. The summed E-state index contributed by atoms with van der Waals surface area (Å²) in [5, 5.41) is 142. The van der Waals surface area contributed by atoms with Crippen molar-refractivity contribution in [1.82, 2.24) is 0 Å². The van der Waals surface area contributed by atoms with E-state index in [0.29, 0.717) is 48.3 Å². The predicted molar refractivity (Wildman–Crippen MR) is 267 cm³/mol. The van der Waals surface area contributed by atoms with Gasteiger partial charge >= 0.3 is 0 Å². The standard InChI is InChI=1S/C55H90O25/c1-21-8-13-55(71-18-21)22(2)34-31(80-55)15-28-26-7-6-24-14-25(9-11-53(24,4)27(26)10-12-54(28,34)5)73-51-46(78-50-42(67)39(64)35(60)23(3)72-50)43(68)44(33(17-57)75-51)76-52-47(79-49-41(66)37(62)30(59)20-70-49)45(38(63)32(16-56)74-52)77-48-40(65)36(61)29(58)19-69-48/h21-52,56-68H,6-20H2,1-5H3/t21-,22+,23-,24+,25+,26-,27+,28+,29-,30-,31+,32-,33-,34+,35-,36+,37+,38-,39+,40-,41-,42+,43+,44+,45+,46-,47-,48+,49+,50-,51-,52+,53+,54+,55-/m1/s1. The Bertz CT molecular complexity index is 2080. The molecule has 7 saturated heterocycles. The number of aliphatic hydroxyl groups is 13. The van der Waals surface area contributed by atoms with Gasteiger partial charge in [-0.15, -0.1) is 0 Å². The molecule has 1 spiro atoms. The molecule has 25 heteroatoms. The Morgan fingerprint density at radius 2 is 1.07 bits per heavy atom. The van der Waals surface area contributed by atoms with Gasteiger partial charge in [-0.1, -0.05) is 27.7 Å². The van der Waals surface area contributed by atoms with Crippen LogP contribution in [0, 0.1) is 52.3 Å². The van der Waals surface area contributed by atoms with Crippen LogP contribution in [-0.2, 0) is 56.8 Å². The molecule has 35 atom stereocenters. The van der Waals surface area contributed by atoms with E-state index < -0.39 is 180 Å². The molecule has 460 valence electrons. The Balaban J connectivity index is 0.830. The summed E-state index contributed by atoms with van der Waals surface area (Å²) in [5.41, 5.74) is 0.170. The Morgan fingerprint density at radius 1 is 0.475 bits per heavy atom. The summed E-state index contributed by atoms with van der Waals surface area (Å²) in [7, 11) is 0. The zero-order valence-corrected chi connectivity index (χ0v) is 46.3. The zero-order valence-electron chi connectivity index (χ0n) is 46.3. The minimum atomic E-state index is -1.93. The third kappa shape index (κ3) is 10.6. The van der Waals surface area contributed by atoms with Gasteiger partial charge in [-0.05, 0) is 111 Å². The molecule has 11 rings (SSSR count). The van der Waals surface area contributed by atoms with Gasteiger partial charge in [0.25, 0.3) is 0 Å². The molecule has 0 amide bonds. The lowest BCUT2D eigenvalue weighted by molar-refractivity contribution is -0.408. The lowest BCUT2D eigenvalue weighted by Crippen LogP contribution is -2.68. The van der Waals surface area contributed by atoms with Crippen molar-refractivity contribution in [1.29, 1.82) is 0 Å². The monoisotopic (exact) mass is 1150 g/mol. The highest BCUT2D eigenvalue weighted by atomic mass is 16.8. The maximum atomic E-state index is 12.6. The van der Waals surface area contributed by atoms with Gasteiger partial charge in [0.1, 0.15) is 104 Å². The van der Waals surface area contributed by atoms with Crippen LogP contribution in [0.4, 0.5) is 0 Å². The van der Waals surface area contributed by atoms with Crippen molar-refractivity contribution in [2.24, 2.45) is 52.3 Å². The molecule has 11 fully saturated rings. The van der Waals surface area contributed by atoms with E-state index in [1.807, 2.05) is 0 Å². The zero-order chi connectivity index (χ0) is 57.1. The van der Waals surface area contributed by atoms with Crippen LogP contribution < -0.4 is 0 Å². The van der Waals surface area contributed by atoms with E-state index in [0.717, 1.165) is 58.0 Å². The molecular formula is C55H90O25. The Morgan fingerprint density at radius 3 is 1.73 bits per heavy atom. The first-order valence-electron chi connectivity index (χ1n) is 29.5. The molecule has 0 aromatic heterocycles. The second-order valence-corrected chi connectivity index (χ2v) is 26.2. The molecule has 0 aromatic carbocycles. The third-order valence-electron chi connectivity index (χ3n) is 21.7. The van der Waals surface area contributed by atoms with E-state index in [-0.39, 0.29) is 22.9 Å². The highest BCUT2D eigenvalue weighted by Gasteiger charge is 2.69. The average Bonchev–Trinajstić information content (AvgIpc) is 4.13. The number of hydrogen-bond acceptors (Lipinski definition) is 25. The molecule has 4 aliphatic carbocycles. The average molecular weight is 1150 g/mol. The van der Waals surface area contributed by atoms with Gasteiger partial charge in [0, 0.05) is 12.3 Å². The molecule has 0 radical (unpaired) electrons. The molecule has 4 saturated carbocycles. The van der Waals surface area contributed by atoms with Crippen molar-refractivity contribution in [3.8, 4) is 0 Å². The number of rotatable bonds is 12. The Hall–Kier alpha value is -1.00. The van der Waals surface area contributed by atoms with Crippen molar-refractivity contribution in [2.75, 3.05) is 33.0 Å². The fraction of sp³-hybridized carbons (Fsp3) is 1.00. The van der Waals surface area contributed by atoms with Crippen molar-refractivity contribution in [3.05, 3.63) is 0 Å². The summed E-state index contributed by atoms with van der Waals surface area (Å²) < 4.78 is 74.8. The molecule has 0 bridgehead atoms. The fourth-order valence-electron chi connectivity index (χ4n) is 17.0. The van der Waals surface area contributed by atoms with Gasteiger partial charge in [-0.3, -0.25) is 0 Å². The lowest BCUT2D eigenvalue weighted by atomic mass is 9.44. The molecular weight excluding hydrogens is 1060 g/mol. The fourth-order valence-corrected chi connectivity index (χ4v) is 17.0. The molecule has 80 heavy (non-hydrogen) atoms. The van der Waals surface area contributed by atoms with Crippen LogP contribution in [0.25, 0.3) is 0 Å². The van der Waals surface area contributed by atoms with Crippen LogP contribution in [0.1, 0.15) is 98.8 Å². The molecule has 13 N–H and O–H groups in total. The first-order chi connectivity index (χ1) is 38.0. The van der Waals surface area contributed by atoms with Crippen LogP contribution in [-0.4, -0.2) is 259 Å². The highest BCUT2D eigenvalue weighted by molar-refractivity contribution is 5.16. The van der Waals surface area contributed by atoms with Crippen molar-refractivity contribution < 1.29 is 123 Å². The summed E-state index contributed by atoms with van der Waals surface area (Å²) in [6, 6.07) is 0. The maximum absolute atomic E-state index is 12.6. The highest BCUT2D eigenvalue weighted by Crippen LogP contribution is 2.71. The number of fused-ring (bicyclic) bond motifs is 7. The van der Waals surface area contributed by atoms with Gasteiger partial charge in [-0.25, -0.2) is 0 Å². The summed E-state index contributed by atoms with van der Waals surface area (Å²) >= 11 is 0. The van der Waals surface area contributed by atoms with E-state index in [2.05, 4.69) is 27.7 Å². The number of ether oxygens (including phenoxy) is 12. The first kappa shape index (κ1) is 60.7. The minimum absolute atomic E-state index is 0.0136. The SMILES string of the molecule is C[C@@H]1CC[C@@]2(OC1)O[C@H]1C[C@H]3[C@@H]4CC[C@H]5C[C@@H](O[C@@H]6O[C@H](CO)[C@H](O[C@@H]7O[C@H](CO)[C@@H](O)[C@H](O[C@@H]8OC[C@@H](O)[C@H](O)[C@H]8O)[C@H]7O[C@@H]7OC[C@@H](O)[C@H](O)[C@H]7O)[C@H](O)[C@H]6O[C@H]6O[C@H](C)[C@@H](O)[C@H](O)[C@@H]6O)CC[C@]5(C)[C@H]4CC[C@]3(C)[C@H]1[C@@H]2C. The smallest absolute Gasteiger partial charge is 0.187 e. The predicted octanol–water partition coefficient (Wildman–Crippen LogP) is -2.78. The van der Waals surface area contributed by atoms with E-state index in [4.69, 9.17) is 56.8 Å². The van der Waals surface area contributed by atoms with Crippen LogP contribution in [0.2, 0.25) is 0 Å². The maximum Gasteiger partial charge on any atom is 0.187 e. The number of aliphatic hydroxyl groups excluding tert-OH is 13. The van der Waals surface area contributed by atoms with Gasteiger partial charge < -0.3 is 123 Å². The van der Waals surface area contributed by atoms with E-state index in [1.54, 1.807) is 0 Å². The number of hydrogen-bond donors (Lipinski definition) is 13. The van der Waals surface area contributed by atoms with E-state index in [1.165, 1.54) is 6.92 Å². The summed E-state index contributed by atoms with van der Waals surface area (Å²) in [6.45, 7) is 8.99. The lowest BCUT2D eigenvalue weighted by Gasteiger charge is -2.61. The van der Waals surface area contributed by atoms with Gasteiger partial charge in [0.05, 0.1) is 51.3 Å². The largest absolute Gasteiger partial charge is 0.394 e. The molecule has 0 aromatic rings. The minimum Gasteiger partial charge on any atom is -0.394 e. The van der Waals surface area contributed by atoms with E-state index in [9.17, 15) is 66.4 Å².